The lowest BCUT2D eigenvalue weighted by Crippen LogP contribution is -2.37. The fourth-order valence-corrected chi connectivity index (χ4v) is 2.74. The zero-order valence-corrected chi connectivity index (χ0v) is 13.0. The van der Waals surface area contributed by atoms with Crippen LogP contribution in [0.15, 0.2) is 24.3 Å². The largest absolute Gasteiger partial charge is 0.383 e. The third-order valence-electron chi connectivity index (χ3n) is 4.42. The molecule has 0 saturated heterocycles. The van der Waals surface area contributed by atoms with E-state index in [1.165, 1.54) is 24.1 Å². The van der Waals surface area contributed by atoms with Gasteiger partial charge in [0, 0.05) is 31.4 Å². The fourth-order valence-electron chi connectivity index (χ4n) is 2.74. The molecule has 0 bridgehead atoms. The molecule has 1 fully saturated rings. The second-order valence-electron chi connectivity index (χ2n) is 5.87. The molecule has 1 aliphatic carbocycles. The first-order chi connectivity index (χ1) is 9.67. The minimum atomic E-state index is 0.150. The molecule has 0 amide bonds. The number of nitrogens with zero attached hydrogens (tertiary/aromatic N) is 1. The van der Waals surface area contributed by atoms with Gasteiger partial charge in [-0.3, -0.25) is 0 Å². The number of benzene rings is 1. The monoisotopic (exact) mass is 276 g/mol. The lowest BCUT2D eigenvalue weighted by atomic mass is 10.0. The quantitative estimate of drug-likeness (QED) is 0.791. The van der Waals surface area contributed by atoms with Gasteiger partial charge < -0.3 is 15.4 Å². The third kappa shape index (κ3) is 3.74. The van der Waals surface area contributed by atoms with Gasteiger partial charge >= 0.3 is 0 Å². The van der Waals surface area contributed by atoms with Crippen molar-refractivity contribution in [1.29, 1.82) is 0 Å². The van der Waals surface area contributed by atoms with E-state index < -0.39 is 0 Å². The van der Waals surface area contributed by atoms with Gasteiger partial charge in [-0.15, -0.1) is 0 Å². The van der Waals surface area contributed by atoms with Gasteiger partial charge in [0.15, 0.2) is 0 Å². The van der Waals surface area contributed by atoms with Crippen LogP contribution in [0.4, 0.5) is 5.69 Å². The van der Waals surface area contributed by atoms with Crippen molar-refractivity contribution in [2.24, 2.45) is 11.7 Å². The smallest absolute Gasteiger partial charge is 0.0637 e. The molecule has 0 radical (unpaired) electrons. The molecule has 112 valence electrons. The predicted molar refractivity (Wildman–Crippen MR) is 85.1 cm³/mol. The van der Waals surface area contributed by atoms with E-state index in [1.807, 2.05) is 0 Å². The first-order valence-electron chi connectivity index (χ1n) is 7.78. The average Bonchev–Trinajstić information content (AvgIpc) is 3.32. The Morgan fingerprint density at radius 2 is 1.95 bits per heavy atom. The number of hydrogen-bond acceptors (Lipinski definition) is 3. The van der Waals surface area contributed by atoms with E-state index in [0.29, 0.717) is 6.04 Å². The Balaban J connectivity index is 2.10. The highest BCUT2D eigenvalue weighted by Gasteiger charge is 2.32. The van der Waals surface area contributed by atoms with Crippen LogP contribution in [0.1, 0.15) is 44.7 Å². The third-order valence-corrected chi connectivity index (χ3v) is 4.42. The standard InChI is InChI=1S/C17H28N2O/c1-4-17(18)15-7-9-16(10-8-15)19(11-12-20-3)13(2)14-5-6-14/h7-10,13-14,17H,4-6,11-12,18H2,1-3H3/t13?,17-/m0/s1. The normalized spacial score (nSPS) is 17.8. The first kappa shape index (κ1) is 15.3. The summed E-state index contributed by atoms with van der Waals surface area (Å²) in [7, 11) is 1.77. The average molecular weight is 276 g/mol. The van der Waals surface area contributed by atoms with Gasteiger partial charge in [-0.1, -0.05) is 19.1 Å². The summed E-state index contributed by atoms with van der Waals surface area (Å²) in [6, 6.07) is 9.50. The van der Waals surface area contributed by atoms with Gasteiger partial charge in [-0.25, -0.2) is 0 Å². The van der Waals surface area contributed by atoms with Crippen LogP contribution in [-0.4, -0.2) is 26.3 Å². The Morgan fingerprint density at radius 1 is 1.30 bits per heavy atom. The van der Waals surface area contributed by atoms with Crippen LogP contribution < -0.4 is 10.6 Å². The molecule has 3 nitrogen and oxygen atoms in total. The molecule has 1 aliphatic rings. The zero-order valence-electron chi connectivity index (χ0n) is 13.0. The summed E-state index contributed by atoms with van der Waals surface area (Å²) in [5, 5.41) is 0. The molecule has 20 heavy (non-hydrogen) atoms. The van der Waals surface area contributed by atoms with Crippen molar-refractivity contribution < 1.29 is 4.74 Å². The number of hydrogen-bond donors (Lipinski definition) is 1. The van der Waals surface area contributed by atoms with Crippen LogP contribution in [0.25, 0.3) is 0 Å². The lowest BCUT2D eigenvalue weighted by molar-refractivity contribution is 0.202. The number of ether oxygens (including phenoxy) is 1. The van der Waals surface area contributed by atoms with Gasteiger partial charge in [0.2, 0.25) is 0 Å². The Labute approximate surface area is 123 Å². The summed E-state index contributed by atoms with van der Waals surface area (Å²) in [4.78, 5) is 2.47. The van der Waals surface area contributed by atoms with E-state index in [2.05, 4.69) is 43.0 Å². The van der Waals surface area contributed by atoms with Gasteiger partial charge in [-0.2, -0.15) is 0 Å². The maximum absolute atomic E-state index is 6.09. The van der Waals surface area contributed by atoms with Crippen molar-refractivity contribution in [3.05, 3.63) is 29.8 Å². The molecule has 0 aliphatic heterocycles. The van der Waals surface area contributed by atoms with Crippen LogP contribution in [0.2, 0.25) is 0 Å². The van der Waals surface area contributed by atoms with Crippen LogP contribution in [0, 0.1) is 5.92 Å². The van der Waals surface area contributed by atoms with Crippen LogP contribution in [0.5, 0.6) is 0 Å². The highest BCUT2D eigenvalue weighted by atomic mass is 16.5. The second kappa shape index (κ2) is 7.09. The molecule has 1 aromatic rings. The summed E-state index contributed by atoms with van der Waals surface area (Å²) in [6.45, 7) is 6.18. The van der Waals surface area contributed by atoms with Crippen molar-refractivity contribution >= 4 is 5.69 Å². The number of methoxy groups -OCH3 is 1. The van der Waals surface area contributed by atoms with Crippen LogP contribution in [0.3, 0.4) is 0 Å². The molecule has 0 heterocycles. The molecular formula is C17H28N2O. The minimum absolute atomic E-state index is 0.150. The summed E-state index contributed by atoms with van der Waals surface area (Å²) < 4.78 is 5.26. The summed E-state index contributed by atoms with van der Waals surface area (Å²) >= 11 is 0. The van der Waals surface area contributed by atoms with Gasteiger partial charge in [-0.05, 0) is 49.8 Å². The Morgan fingerprint density at radius 3 is 2.45 bits per heavy atom. The molecule has 2 atom stereocenters. The molecule has 1 unspecified atom stereocenters. The molecule has 2 rings (SSSR count). The summed E-state index contributed by atoms with van der Waals surface area (Å²) in [6.07, 6.45) is 3.71. The zero-order chi connectivity index (χ0) is 14.5. The van der Waals surface area contributed by atoms with E-state index in [1.54, 1.807) is 7.11 Å². The Bertz CT molecular complexity index is 400. The van der Waals surface area contributed by atoms with Gasteiger partial charge in [0.05, 0.1) is 6.61 Å². The van der Waals surface area contributed by atoms with E-state index in [0.717, 1.165) is 25.5 Å². The van der Waals surface area contributed by atoms with E-state index in [4.69, 9.17) is 10.5 Å². The summed E-state index contributed by atoms with van der Waals surface area (Å²) in [5.74, 6) is 0.851. The highest BCUT2D eigenvalue weighted by Crippen LogP contribution is 2.37. The van der Waals surface area contributed by atoms with Crippen molar-refractivity contribution in [3.63, 3.8) is 0 Å². The SMILES string of the molecule is CC[C@H](N)c1ccc(N(CCOC)C(C)C2CC2)cc1. The van der Waals surface area contributed by atoms with Crippen molar-refractivity contribution in [3.8, 4) is 0 Å². The van der Waals surface area contributed by atoms with Gasteiger partial charge in [0.25, 0.3) is 0 Å². The van der Waals surface area contributed by atoms with E-state index >= 15 is 0 Å². The fraction of sp³-hybridized carbons (Fsp3) is 0.647. The second-order valence-corrected chi connectivity index (χ2v) is 5.87. The van der Waals surface area contributed by atoms with Crippen molar-refractivity contribution in [1.82, 2.24) is 0 Å². The van der Waals surface area contributed by atoms with Crippen LogP contribution in [-0.2, 0) is 4.74 Å². The molecule has 3 heteroatoms. The number of nitrogens with two attached hydrogens (primary N) is 1. The number of rotatable bonds is 8. The molecule has 0 aromatic heterocycles. The lowest BCUT2D eigenvalue weighted by Gasteiger charge is -2.31. The maximum atomic E-state index is 6.09. The molecular weight excluding hydrogens is 248 g/mol. The molecule has 0 spiro atoms. The minimum Gasteiger partial charge on any atom is -0.383 e. The number of anilines is 1. The molecule has 1 aromatic carbocycles. The first-order valence-corrected chi connectivity index (χ1v) is 7.78. The Hall–Kier alpha value is -1.06. The topological polar surface area (TPSA) is 38.5 Å². The summed E-state index contributed by atoms with van der Waals surface area (Å²) in [5.41, 5.74) is 8.59. The highest BCUT2D eigenvalue weighted by molar-refractivity contribution is 5.49. The molecule has 1 saturated carbocycles. The molecule has 2 N–H and O–H groups in total. The van der Waals surface area contributed by atoms with Crippen molar-refractivity contribution in [2.75, 3.05) is 25.2 Å². The van der Waals surface area contributed by atoms with E-state index in [9.17, 15) is 0 Å². The Kier molecular flexibility index (Phi) is 5.44. The van der Waals surface area contributed by atoms with Gasteiger partial charge in [0.1, 0.15) is 0 Å². The van der Waals surface area contributed by atoms with Crippen molar-refractivity contribution in [2.45, 2.75) is 45.2 Å². The predicted octanol–water partition coefficient (Wildman–Crippen LogP) is 3.35. The van der Waals surface area contributed by atoms with Crippen LogP contribution >= 0.6 is 0 Å². The maximum Gasteiger partial charge on any atom is 0.0637 e. The van der Waals surface area contributed by atoms with E-state index in [-0.39, 0.29) is 6.04 Å².